The van der Waals surface area contributed by atoms with E-state index in [4.69, 9.17) is 9.47 Å². The molecule has 0 saturated carbocycles. The number of hydrogen-bond acceptors (Lipinski definition) is 6. The summed E-state index contributed by atoms with van der Waals surface area (Å²) in [6, 6.07) is 6.18. The fraction of sp³-hybridized carbons (Fsp3) is 0.278. The summed E-state index contributed by atoms with van der Waals surface area (Å²) in [5, 5.41) is 6.30. The van der Waals surface area contributed by atoms with E-state index < -0.39 is 12.0 Å². The van der Waals surface area contributed by atoms with Gasteiger partial charge in [-0.2, -0.15) is 0 Å². The average molecular weight is 388 g/mol. The smallest absolute Gasteiger partial charge is 0.338 e. The van der Waals surface area contributed by atoms with Gasteiger partial charge in [-0.15, -0.1) is 0 Å². The van der Waals surface area contributed by atoms with E-state index in [9.17, 15) is 9.59 Å². The molecule has 0 radical (unpaired) electrons. The van der Waals surface area contributed by atoms with Crippen LogP contribution in [0, 0.1) is 0 Å². The van der Waals surface area contributed by atoms with Crippen molar-refractivity contribution in [2.24, 2.45) is 7.05 Å². The minimum Gasteiger partial charge on any atom is -0.497 e. The highest BCUT2D eigenvalue weighted by molar-refractivity contribution is 7.99. The molecule has 3 rings (SSSR count). The molecule has 2 amide bonds. The van der Waals surface area contributed by atoms with Crippen LogP contribution in [0.25, 0.3) is 0 Å². The molecular formula is C18H20N4O4S. The van der Waals surface area contributed by atoms with Gasteiger partial charge in [0.05, 0.1) is 25.8 Å². The highest BCUT2D eigenvalue weighted by atomic mass is 32.2. The number of imidazole rings is 1. The number of amides is 2. The molecule has 9 heteroatoms. The largest absolute Gasteiger partial charge is 0.497 e. The lowest BCUT2D eigenvalue weighted by Crippen LogP contribution is -2.46. The Balaban J connectivity index is 1.96. The van der Waals surface area contributed by atoms with Crippen LogP contribution in [0.15, 0.2) is 53.1 Å². The number of thioether (sulfide) groups is 1. The van der Waals surface area contributed by atoms with Gasteiger partial charge in [0, 0.05) is 30.9 Å². The Kier molecular flexibility index (Phi) is 5.70. The number of nitrogens with zero attached hydrogens (tertiary/aromatic N) is 2. The second-order valence-corrected chi connectivity index (χ2v) is 6.74. The highest BCUT2D eigenvalue weighted by Gasteiger charge is 2.33. The second kappa shape index (κ2) is 8.17. The van der Waals surface area contributed by atoms with Crippen molar-refractivity contribution < 1.29 is 19.1 Å². The number of nitrogens with one attached hydrogen (secondary N) is 2. The number of aryl methyl sites for hydroxylation is 1. The number of carbonyl (C=O) groups excluding carboxylic acids is 2. The maximum absolute atomic E-state index is 12.5. The summed E-state index contributed by atoms with van der Waals surface area (Å²) in [7, 11) is 4.78. The van der Waals surface area contributed by atoms with Crippen LogP contribution in [0.3, 0.4) is 0 Å². The number of ether oxygens (including phenoxy) is 2. The number of hydrogen-bond donors (Lipinski definition) is 2. The molecular weight excluding hydrogens is 368 g/mol. The predicted molar refractivity (Wildman–Crippen MR) is 100 cm³/mol. The Hall–Kier alpha value is -2.94. The van der Waals surface area contributed by atoms with E-state index in [1.165, 1.54) is 18.9 Å². The Morgan fingerprint density at radius 2 is 2.04 bits per heavy atom. The SMILES string of the molecule is COC(=O)C1=C(CSc2nccn2C)NC(=O)NC1c1ccc(OC)cc1. The number of aromatic nitrogens is 2. The van der Waals surface area contributed by atoms with Crippen molar-refractivity contribution in [2.45, 2.75) is 11.2 Å². The van der Waals surface area contributed by atoms with Crippen molar-refractivity contribution >= 4 is 23.8 Å². The summed E-state index contributed by atoms with van der Waals surface area (Å²) < 4.78 is 12.0. The average Bonchev–Trinajstić information content (AvgIpc) is 3.10. The number of methoxy groups -OCH3 is 2. The van der Waals surface area contributed by atoms with Gasteiger partial charge in [-0.1, -0.05) is 23.9 Å². The van der Waals surface area contributed by atoms with E-state index in [-0.39, 0.29) is 6.03 Å². The highest BCUT2D eigenvalue weighted by Crippen LogP contribution is 2.31. The Bertz CT molecular complexity index is 876. The van der Waals surface area contributed by atoms with E-state index in [0.29, 0.717) is 22.8 Å². The normalized spacial score (nSPS) is 16.6. The molecule has 1 unspecified atom stereocenters. The molecule has 0 saturated heterocycles. The molecule has 0 fully saturated rings. The number of esters is 1. The zero-order chi connectivity index (χ0) is 19.4. The first-order chi connectivity index (χ1) is 13.0. The van der Waals surface area contributed by atoms with Gasteiger partial charge in [0.2, 0.25) is 0 Å². The van der Waals surface area contributed by atoms with Crippen molar-refractivity contribution in [1.82, 2.24) is 20.2 Å². The Labute approximate surface area is 160 Å². The summed E-state index contributed by atoms with van der Waals surface area (Å²) in [6.07, 6.45) is 3.53. The van der Waals surface area contributed by atoms with Crippen LogP contribution in [-0.4, -0.2) is 41.5 Å². The van der Waals surface area contributed by atoms with Gasteiger partial charge in [-0.05, 0) is 17.7 Å². The van der Waals surface area contributed by atoms with Crippen LogP contribution in [-0.2, 0) is 16.6 Å². The van der Waals surface area contributed by atoms with Crippen molar-refractivity contribution in [3.8, 4) is 5.75 Å². The number of rotatable bonds is 6. The van der Waals surface area contributed by atoms with Gasteiger partial charge in [0.15, 0.2) is 5.16 Å². The third kappa shape index (κ3) is 4.08. The monoisotopic (exact) mass is 388 g/mol. The predicted octanol–water partition coefficient (Wildman–Crippen LogP) is 2.00. The van der Waals surface area contributed by atoms with E-state index >= 15 is 0 Å². The quantitative estimate of drug-likeness (QED) is 0.581. The third-order valence-electron chi connectivity index (χ3n) is 4.13. The number of benzene rings is 1. The minimum atomic E-state index is -0.617. The summed E-state index contributed by atoms with van der Waals surface area (Å²) in [5.41, 5.74) is 1.62. The lowest BCUT2D eigenvalue weighted by atomic mass is 9.95. The molecule has 27 heavy (non-hydrogen) atoms. The molecule has 0 aliphatic carbocycles. The van der Waals surface area contributed by atoms with E-state index in [2.05, 4.69) is 15.6 Å². The molecule has 0 spiro atoms. The lowest BCUT2D eigenvalue weighted by Gasteiger charge is -2.29. The summed E-state index contributed by atoms with van der Waals surface area (Å²) in [5.74, 6) is 0.557. The summed E-state index contributed by atoms with van der Waals surface area (Å²) in [6.45, 7) is 0. The standard InChI is InChI=1S/C18H20N4O4S/c1-22-9-8-19-18(22)27-10-13-14(16(23)26-3)15(21-17(24)20-13)11-4-6-12(25-2)7-5-11/h4-9,15H,10H2,1-3H3,(H2,20,21,24). The van der Waals surface area contributed by atoms with Crippen molar-refractivity contribution in [3.63, 3.8) is 0 Å². The van der Waals surface area contributed by atoms with Gasteiger partial charge >= 0.3 is 12.0 Å². The zero-order valence-electron chi connectivity index (χ0n) is 15.2. The fourth-order valence-corrected chi connectivity index (χ4v) is 3.66. The van der Waals surface area contributed by atoms with Gasteiger partial charge in [0.25, 0.3) is 0 Å². The second-order valence-electron chi connectivity index (χ2n) is 5.80. The molecule has 142 valence electrons. The number of urea groups is 1. The van der Waals surface area contributed by atoms with Crippen LogP contribution in [0.5, 0.6) is 5.75 Å². The molecule has 1 aliphatic rings. The first-order valence-corrected chi connectivity index (χ1v) is 9.15. The van der Waals surface area contributed by atoms with Gasteiger partial charge < -0.3 is 24.7 Å². The Morgan fingerprint density at radius 1 is 1.30 bits per heavy atom. The van der Waals surface area contributed by atoms with Crippen LogP contribution in [0.1, 0.15) is 11.6 Å². The zero-order valence-corrected chi connectivity index (χ0v) is 16.0. The van der Waals surface area contributed by atoms with Crippen molar-refractivity contribution in [2.75, 3.05) is 20.0 Å². The van der Waals surface area contributed by atoms with Gasteiger partial charge in [0.1, 0.15) is 5.75 Å². The first kappa shape index (κ1) is 18.8. The van der Waals surface area contributed by atoms with Gasteiger partial charge in [-0.3, -0.25) is 0 Å². The van der Waals surface area contributed by atoms with E-state index in [1.807, 2.05) is 29.9 Å². The molecule has 8 nitrogen and oxygen atoms in total. The lowest BCUT2D eigenvalue weighted by molar-refractivity contribution is -0.136. The topological polar surface area (TPSA) is 94.5 Å². The maximum atomic E-state index is 12.5. The van der Waals surface area contributed by atoms with Crippen molar-refractivity contribution in [3.05, 3.63) is 53.5 Å². The van der Waals surface area contributed by atoms with Crippen LogP contribution < -0.4 is 15.4 Å². The summed E-state index contributed by atoms with van der Waals surface area (Å²) >= 11 is 1.42. The molecule has 0 bridgehead atoms. The Morgan fingerprint density at radius 3 is 2.63 bits per heavy atom. The van der Waals surface area contributed by atoms with Crippen LogP contribution in [0.4, 0.5) is 4.79 Å². The summed E-state index contributed by atoms with van der Waals surface area (Å²) in [4.78, 5) is 28.9. The molecule has 2 N–H and O–H groups in total. The minimum absolute atomic E-state index is 0.365. The number of carbonyl (C=O) groups is 2. The molecule has 1 aliphatic heterocycles. The van der Waals surface area contributed by atoms with Crippen LogP contribution in [0.2, 0.25) is 0 Å². The maximum Gasteiger partial charge on any atom is 0.338 e. The van der Waals surface area contributed by atoms with Gasteiger partial charge in [-0.25, -0.2) is 14.6 Å². The molecule has 1 atom stereocenters. The van der Waals surface area contributed by atoms with Crippen LogP contribution >= 0.6 is 11.8 Å². The fourth-order valence-electron chi connectivity index (χ4n) is 2.76. The van der Waals surface area contributed by atoms with Crippen molar-refractivity contribution in [1.29, 1.82) is 0 Å². The van der Waals surface area contributed by atoms with E-state index in [1.54, 1.807) is 25.4 Å². The molecule has 2 heterocycles. The molecule has 1 aromatic carbocycles. The molecule has 1 aromatic heterocycles. The first-order valence-electron chi connectivity index (χ1n) is 8.16. The molecule has 2 aromatic rings. The third-order valence-corrected chi connectivity index (χ3v) is 5.22. The van der Waals surface area contributed by atoms with E-state index in [0.717, 1.165) is 10.7 Å².